The van der Waals surface area contributed by atoms with Crippen LogP contribution in [0.15, 0.2) is 18.2 Å². The van der Waals surface area contributed by atoms with E-state index in [9.17, 15) is 9.90 Å². The van der Waals surface area contributed by atoms with Crippen LogP contribution in [0.3, 0.4) is 0 Å². The van der Waals surface area contributed by atoms with Crippen molar-refractivity contribution >= 4 is 5.91 Å². The number of hydrogen-bond acceptors (Lipinski definition) is 4. The highest BCUT2D eigenvalue weighted by Gasteiger charge is 2.19. The molecule has 1 atom stereocenters. The third-order valence-corrected chi connectivity index (χ3v) is 3.71. The van der Waals surface area contributed by atoms with Crippen LogP contribution in [0.4, 0.5) is 0 Å². The average molecular weight is 295 g/mol. The minimum Gasteiger partial charge on any atom is -0.493 e. The quantitative estimate of drug-likeness (QED) is 0.772. The molecule has 0 bridgehead atoms. The molecule has 0 spiro atoms. The molecule has 0 aliphatic heterocycles. The van der Waals surface area contributed by atoms with Crippen molar-refractivity contribution in [2.24, 2.45) is 5.92 Å². The van der Waals surface area contributed by atoms with Gasteiger partial charge in [-0.05, 0) is 18.1 Å². The van der Waals surface area contributed by atoms with Crippen molar-refractivity contribution in [1.29, 1.82) is 0 Å². The zero-order valence-corrected chi connectivity index (χ0v) is 13.2. The van der Waals surface area contributed by atoms with Crippen LogP contribution >= 0.6 is 0 Å². The third-order valence-electron chi connectivity index (χ3n) is 3.71. The maximum Gasteiger partial charge on any atom is 0.255 e. The van der Waals surface area contributed by atoms with Crippen molar-refractivity contribution in [3.63, 3.8) is 0 Å². The topological polar surface area (TPSA) is 67.8 Å². The summed E-state index contributed by atoms with van der Waals surface area (Å²) in [6.07, 6.45) is 1.23. The van der Waals surface area contributed by atoms with Gasteiger partial charge in [0, 0.05) is 6.54 Å². The van der Waals surface area contributed by atoms with Gasteiger partial charge in [0.25, 0.3) is 5.91 Å². The molecule has 1 rings (SSSR count). The molecule has 0 fully saturated rings. The summed E-state index contributed by atoms with van der Waals surface area (Å²) in [7, 11) is 3.02. The second-order valence-electron chi connectivity index (χ2n) is 4.90. The normalized spacial score (nSPS) is 12.1. The molecular formula is C16H25NO4. The Morgan fingerprint density at radius 1 is 1.24 bits per heavy atom. The number of methoxy groups -OCH3 is 2. The predicted molar refractivity (Wildman–Crippen MR) is 82.0 cm³/mol. The summed E-state index contributed by atoms with van der Waals surface area (Å²) in [5.74, 6) is 0.813. The van der Waals surface area contributed by atoms with Gasteiger partial charge >= 0.3 is 0 Å². The molecule has 1 aromatic rings. The van der Waals surface area contributed by atoms with E-state index in [-0.39, 0.29) is 18.4 Å². The summed E-state index contributed by atoms with van der Waals surface area (Å²) >= 11 is 0. The van der Waals surface area contributed by atoms with E-state index in [0.717, 1.165) is 12.8 Å². The SMILES string of the molecule is CCC(CC)C(O)CNC(=O)c1cccc(OC)c1OC. The fourth-order valence-electron chi connectivity index (χ4n) is 2.36. The van der Waals surface area contributed by atoms with Gasteiger partial charge in [-0.15, -0.1) is 0 Å². The van der Waals surface area contributed by atoms with Gasteiger partial charge in [-0.3, -0.25) is 4.79 Å². The minimum absolute atomic E-state index is 0.192. The lowest BCUT2D eigenvalue weighted by atomic mass is 9.96. The van der Waals surface area contributed by atoms with E-state index in [1.165, 1.54) is 14.2 Å². The first-order valence-electron chi connectivity index (χ1n) is 7.26. The summed E-state index contributed by atoms with van der Waals surface area (Å²) in [6.45, 7) is 4.29. The van der Waals surface area contributed by atoms with Gasteiger partial charge in [0.2, 0.25) is 0 Å². The van der Waals surface area contributed by atoms with Gasteiger partial charge in [-0.1, -0.05) is 32.8 Å². The molecule has 0 aliphatic carbocycles. The van der Waals surface area contributed by atoms with E-state index in [2.05, 4.69) is 5.32 Å². The van der Waals surface area contributed by atoms with Crippen molar-refractivity contribution in [3.05, 3.63) is 23.8 Å². The number of ether oxygens (including phenoxy) is 2. The molecule has 0 aliphatic rings. The highest BCUT2D eigenvalue weighted by molar-refractivity contribution is 5.97. The lowest BCUT2D eigenvalue weighted by Gasteiger charge is -2.20. The first-order chi connectivity index (χ1) is 10.1. The number of rotatable bonds is 8. The molecule has 1 amide bonds. The van der Waals surface area contributed by atoms with Crippen molar-refractivity contribution in [2.45, 2.75) is 32.8 Å². The number of amides is 1. The molecule has 21 heavy (non-hydrogen) atoms. The molecule has 0 aromatic heterocycles. The summed E-state index contributed by atoms with van der Waals surface area (Å²) in [5.41, 5.74) is 0.397. The van der Waals surface area contributed by atoms with Crippen LogP contribution in [0.25, 0.3) is 0 Å². The molecule has 0 saturated heterocycles. The zero-order valence-electron chi connectivity index (χ0n) is 13.2. The van der Waals surface area contributed by atoms with Gasteiger partial charge in [-0.2, -0.15) is 0 Å². The van der Waals surface area contributed by atoms with Crippen molar-refractivity contribution in [3.8, 4) is 11.5 Å². The Morgan fingerprint density at radius 2 is 1.90 bits per heavy atom. The Hall–Kier alpha value is -1.75. The van der Waals surface area contributed by atoms with E-state index in [0.29, 0.717) is 17.1 Å². The Bertz CT molecular complexity index is 458. The van der Waals surface area contributed by atoms with Crippen LogP contribution in [0.5, 0.6) is 11.5 Å². The minimum atomic E-state index is -0.541. The van der Waals surface area contributed by atoms with E-state index in [1.807, 2.05) is 13.8 Å². The smallest absolute Gasteiger partial charge is 0.255 e. The number of aliphatic hydroxyl groups is 1. The van der Waals surface area contributed by atoms with E-state index in [1.54, 1.807) is 18.2 Å². The van der Waals surface area contributed by atoms with Crippen LogP contribution in [0, 0.1) is 5.92 Å². The second kappa shape index (κ2) is 8.52. The molecule has 5 nitrogen and oxygen atoms in total. The maximum atomic E-state index is 12.2. The Labute approximate surface area is 126 Å². The fourth-order valence-corrected chi connectivity index (χ4v) is 2.36. The van der Waals surface area contributed by atoms with Gasteiger partial charge in [0.05, 0.1) is 25.9 Å². The van der Waals surface area contributed by atoms with Gasteiger partial charge < -0.3 is 19.9 Å². The highest BCUT2D eigenvalue weighted by atomic mass is 16.5. The predicted octanol–water partition coefficient (Wildman–Crippen LogP) is 2.23. The lowest BCUT2D eigenvalue weighted by molar-refractivity contribution is 0.0814. The average Bonchev–Trinajstić information content (AvgIpc) is 2.52. The number of aliphatic hydroxyl groups excluding tert-OH is 1. The molecule has 118 valence electrons. The first-order valence-corrected chi connectivity index (χ1v) is 7.26. The number of nitrogens with one attached hydrogen (secondary N) is 1. The summed E-state index contributed by atoms with van der Waals surface area (Å²) in [6, 6.07) is 5.13. The number of hydrogen-bond donors (Lipinski definition) is 2. The number of benzene rings is 1. The Balaban J connectivity index is 2.76. The van der Waals surface area contributed by atoms with Crippen LogP contribution in [0.2, 0.25) is 0 Å². The molecule has 0 heterocycles. The number of carbonyl (C=O) groups excluding carboxylic acids is 1. The zero-order chi connectivity index (χ0) is 15.8. The maximum absolute atomic E-state index is 12.2. The molecule has 2 N–H and O–H groups in total. The summed E-state index contributed by atoms with van der Waals surface area (Å²) in [4.78, 5) is 12.2. The number of carbonyl (C=O) groups is 1. The Kier molecular flexibility index (Phi) is 7.02. The summed E-state index contributed by atoms with van der Waals surface area (Å²) < 4.78 is 10.4. The molecular weight excluding hydrogens is 270 g/mol. The van der Waals surface area contributed by atoms with Crippen LogP contribution in [0.1, 0.15) is 37.0 Å². The first kappa shape index (κ1) is 17.3. The molecule has 5 heteroatoms. The Morgan fingerprint density at radius 3 is 2.43 bits per heavy atom. The number of para-hydroxylation sites is 1. The molecule has 0 saturated carbocycles. The van der Waals surface area contributed by atoms with Crippen molar-refractivity contribution in [1.82, 2.24) is 5.32 Å². The molecule has 1 aromatic carbocycles. The van der Waals surface area contributed by atoms with Crippen molar-refractivity contribution in [2.75, 3.05) is 20.8 Å². The molecule has 0 radical (unpaired) electrons. The van der Waals surface area contributed by atoms with Crippen molar-refractivity contribution < 1.29 is 19.4 Å². The third kappa shape index (κ3) is 4.36. The monoisotopic (exact) mass is 295 g/mol. The van der Waals surface area contributed by atoms with E-state index in [4.69, 9.17) is 9.47 Å². The fraction of sp³-hybridized carbons (Fsp3) is 0.562. The largest absolute Gasteiger partial charge is 0.493 e. The second-order valence-corrected chi connectivity index (χ2v) is 4.90. The van der Waals surface area contributed by atoms with Crippen LogP contribution in [-0.4, -0.2) is 37.9 Å². The van der Waals surface area contributed by atoms with E-state index < -0.39 is 6.10 Å². The van der Waals surface area contributed by atoms with E-state index >= 15 is 0 Å². The van der Waals surface area contributed by atoms with Gasteiger partial charge in [-0.25, -0.2) is 0 Å². The highest BCUT2D eigenvalue weighted by Crippen LogP contribution is 2.30. The lowest BCUT2D eigenvalue weighted by Crippen LogP contribution is -2.36. The van der Waals surface area contributed by atoms with Crippen LogP contribution < -0.4 is 14.8 Å². The summed E-state index contributed by atoms with van der Waals surface area (Å²) in [5, 5.41) is 12.8. The standard InChI is InChI=1S/C16H25NO4/c1-5-11(6-2)13(18)10-17-16(19)12-8-7-9-14(20-3)15(12)21-4/h7-9,11,13,18H,5-6,10H2,1-4H3,(H,17,19). The van der Waals surface area contributed by atoms with Gasteiger partial charge in [0.1, 0.15) is 0 Å². The molecule has 1 unspecified atom stereocenters. The van der Waals surface area contributed by atoms with Crippen LogP contribution in [-0.2, 0) is 0 Å². The van der Waals surface area contributed by atoms with Gasteiger partial charge in [0.15, 0.2) is 11.5 Å².